The summed E-state index contributed by atoms with van der Waals surface area (Å²) in [5.74, 6) is -0.268. The lowest BCUT2D eigenvalue weighted by Crippen LogP contribution is -2.43. The summed E-state index contributed by atoms with van der Waals surface area (Å²) >= 11 is 0. The van der Waals surface area contributed by atoms with Crippen molar-refractivity contribution in [3.63, 3.8) is 0 Å². The van der Waals surface area contributed by atoms with E-state index in [1.165, 1.54) is 7.11 Å². The number of ether oxygens (including phenoxy) is 2. The number of hydrogen-bond donors (Lipinski definition) is 0. The molecule has 0 aliphatic heterocycles. The Morgan fingerprint density at radius 1 is 1.24 bits per heavy atom. The molecule has 0 aromatic heterocycles. The molecule has 4 nitrogen and oxygen atoms in total. The molecule has 0 saturated heterocycles. The maximum absolute atomic E-state index is 11.2. The summed E-state index contributed by atoms with van der Waals surface area (Å²) in [4.78, 5) is 11.2. The molecule has 0 aromatic rings. The average molecular weight is 262 g/mol. The predicted octanol–water partition coefficient (Wildman–Crippen LogP) is 2.59. The van der Waals surface area contributed by atoms with Crippen LogP contribution in [-0.4, -0.2) is 41.2 Å². The van der Waals surface area contributed by atoms with Crippen LogP contribution in [0.4, 0.5) is 0 Å². The molecular formula is C12H26O4Si. The second kappa shape index (κ2) is 6.52. The van der Waals surface area contributed by atoms with Gasteiger partial charge in [-0.05, 0) is 18.1 Å². The molecule has 0 aromatic carbocycles. The van der Waals surface area contributed by atoms with E-state index in [4.69, 9.17) is 9.16 Å². The Balaban J connectivity index is 4.28. The average Bonchev–Trinajstić information content (AvgIpc) is 2.22. The smallest absolute Gasteiger partial charge is 0.308 e. The first-order valence-electron chi connectivity index (χ1n) is 5.87. The topological polar surface area (TPSA) is 44.8 Å². The molecule has 0 unspecified atom stereocenters. The quantitative estimate of drug-likeness (QED) is 0.545. The minimum atomic E-state index is -1.78. The lowest BCUT2D eigenvalue weighted by Gasteiger charge is -2.37. The van der Waals surface area contributed by atoms with Gasteiger partial charge in [0.25, 0.3) is 0 Å². The number of esters is 1. The van der Waals surface area contributed by atoms with Gasteiger partial charge in [-0.25, -0.2) is 0 Å². The molecule has 102 valence electrons. The van der Waals surface area contributed by atoms with Crippen LogP contribution in [0.15, 0.2) is 0 Å². The van der Waals surface area contributed by atoms with Crippen LogP contribution in [-0.2, 0) is 18.7 Å². The van der Waals surface area contributed by atoms with Gasteiger partial charge in [0.15, 0.2) is 8.32 Å². The third-order valence-corrected chi connectivity index (χ3v) is 7.89. The molecule has 0 amide bonds. The summed E-state index contributed by atoms with van der Waals surface area (Å²) in [5.41, 5.74) is 0. The second-order valence-corrected chi connectivity index (χ2v) is 10.5. The first kappa shape index (κ1) is 16.6. The summed E-state index contributed by atoms with van der Waals surface area (Å²) < 4.78 is 15.8. The molecule has 0 radical (unpaired) electrons. The fourth-order valence-electron chi connectivity index (χ4n) is 0.997. The van der Waals surface area contributed by atoms with Gasteiger partial charge >= 0.3 is 5.97 Å². The third kappa shape index (κ3) is 5.65. The Morgan fingerprint density at radius 2 is 1.76 bits per heavy atom. The monoisotopic (exact) mass is 262 g/mol. The molecule has 0 aliphatic rings. The molecule has 0 rings (SSSR count). The van der Waals surface area contributed by atoms with E-state index in [1.54, 1.807) is 7.11 Å². The Hall–Kier alpha value is -0.393. The molecule has 1 atom stereocenters. The van der Waals surface area contributed by atoms with Gasteiger partial charge in [0.05, 0.1) is 26.2 Å². The van der Waals surface area contributed by atoms with Crippen molar-refractivity contribution in [1.29, 1.82) is 0 Å². The van der Waals surface area contributed by atoms with E-state index >= 15 is 0 Å². The van der Waals surface area contributed by atoms with Gasteiger partial charge in [0.2, 0.25) is 0 Å². The summed E-state index contributed by atoms with van der Waals surface area (Å²) in [6.45, 7) is 11.3. The third-order valence-electron chi connectivity index (χ3n) is 3.39. The van der Waals surface area contributed by atoms with Crippen LogP contribution in [0.1, 0.15) is 27.2 Å². The number of hydrogen-bond acceptors (Lipinski definition) is 4. The molecule has 17 heavy (non-hydrogen) atoms. The van der Waals surface area contributed by atoms with E-state index < -0.39 is 8.32 Å². The lowest BCUT2D eigenvalue weighted by molar-refractivity contribution is -0.143. The highest BCUT2D eigenvalue weighted by atomic mass is 28.4. The standard InChI is InChI=1S/C12H26O4Si/c1-12(2,3)17(6,7)16-9-10(14-4)8-11(13)15-5/h10H,8-9H2,1-7H3/t10-/m0/s1. The van der Waals surface area contributed by atoms with Gasteiger partial charge in [-0.15, -0.1) is 0 Å². The number of rotatable bonds is 6. The van der Waals surface area contributed by atoms with Crippen LogP contribution in [0, 0.1) is 0 Å². The first-order valence-corrected chi connectivity index (χ1v) is 8.78. The molecule has 5 heteroatoms. The number of methoxy groups -OCH3 is 2. The van der Waals surface area contributed by atoms with Gasteiger partial charge < -0.3 is 13.9 Å². The van der Waals surface area contributed by atoms with Crippen LogP contribution >= 0.6 is 0 Å². The van der Waals surface area contributed by atoms with Crippen LogP contribution in [0.5, 0.6) is 0 Å². The minimum absolute atomic E-state index is 0.163. The molecule has 0 spiro atoms. The van der Waals surface area contributed by atoms with Gasteiger partial charge in [-0.1, -0.05) is 20.8 Å². The molecule has 0 saturated carbocycles. The summed E-state index contributed by atoms with van der Waals surface area (Å²) in [6, 6.07) is 0. The fraction of sp³-hybridized carbons (Fsp3) is 0.917. The summed E-state index contributed by atoms with van der Waals surface area (Å²) in [6.07, 6.45) is 0.0123. The highest BCUT2D eigenvalue weighted by Crippen LogP contribution is 2.36. The zero-order valence-electron chi connectivity index (χ0n) is 12.1. The maximum Gasteiger partial charge on any atom is 0.308 e. The van der Waals surface area contributed by atoms with E-state index in [0.29, 0.717) is 6.61 Å². The number of carbonyl (C=O) groups is 1. The van der Waals surface area contributed by atoms with Gasteiger partial charge in [0.1, 0.15) is 0 Å². The van der Waals surface area contributed by atoms with Gasteiger partial charge in [-0.2, -0.15) is 0 Å². The van der Waals surface area contributed by atoms with Crippen LogP contribution in [0.25, 0.3) is 0 Å². The summed E-state index contributed by atoms with van der Waals surface area (Å²) in [5, 5.41) is 0.163. The highest BCUT2D eigenvalue weighted by Gasteiger charge is 2.37. The Morgan fingerprint density at radius 3 is 2.12 bits per heavy atom. The Kier molecular flexibility index (Phi) is 6.36. The van der Waals surface area contributed by atoms with Crippen molar-refractivity contribution >= 4 is 14.3 Å². The summed E-state index contributed by atoms with van der Waals surface area (Å²) in [7, 11) is 1.19. The van der Waals surface area contributed by atoms with Crippen molar-refractivity contribution in [3.05, 3.63) is 0 Å². The molecule has 0 N–H and O–H groups in total. The van der Waals surface area contributed by atoms with Gasteiger partial charge in [-0.3, -0.25) is 4.79 Å². The van der Waals surface area contributed by atoms with Crippen LogP contribution in [0.2, 0.25) is 18.1 Å². The van der Waals surface area contributed by atoms with E-state index in [-0.39, 0.29) is 23.5 Å². The SMILES string of the molecule is COC(=O)C[C@@H](CO[Si](C)(C)C(C)(C)C)OC. The largest absolute Gasteiger partial charge is 0.469 e. The van der Waals surface area contributed by atoms with Crippen molar-refractivity contribution in [2.45, 2.75) is 51.4 Å². The minimum Gasteiger partial charge on any atom is -0.469 e. The fourth-order valence-corrected chi connectivity index (χ4v) is 2.03. The zero-order valence-corrected chi connectivity index (χ0v) is 13.1. The van der Waals surface area contributed by atoms with Crippen LogP contribution < -0.4 is 0 Å². The highest BCUT2D eigenvalue weighted by molar-refractivity contribution is 6.74. The lowest BCUT2D eigenvalue weighted by atomic mass is 10.2. The van der Waals surface area contributed by atoms with Crippen molar-refractivity contribution in [3.8, 4) is 0 Å². The molecule has 0 bridgehead atoms. The molecule has 0 fully saturated rings. The van der Waals surface area contributed by atoms with Gasteiger partial charge in [0, 0.05) is 7.11 Å². The van der Waals surface area contributed by atoms with E-state index in [1.807, 2.05) is 0 Å². The van der Waals surface area contributed by atoms with Crippen molar-refractivity contribution in [2.24, 2.45) is 0 Å². The molecule has 0 heterocycles. The van der Waals surface area contributed by atoms with Crippen LogP contribution in [0.3, 0.4) is 0 Å². The normalized spacial score (nSPS) is 14.5. The maximum atomic E-state index is 11.2. The van der Waals surface area contributed by atoms with E-state index in [0.717, 1.165) is 0 Å². The molecule has 0 aliphatic carbocycles. The zero-order chi connectivity index (χ0) is 13.7. The van der Waals surface area contributed by atoms with E-state index in [9.17, 15) is 4.79 Å². The Bertz CT molecular complexity index is 245. The van der Waals surface area contributed by atoms with E-state index in [2.05, 4.69) is 38.6 Å². The predicted molar refractivity (Wildman–Crippen MR) is 70.6 cm³/mol. The van der Waals surface area contributed by atoms with Crippen molar-refractivity contribution < 1.29 is 18.7 Å². The Labute approximate surface area is 106 Å². The molecular weight excluding hydrogens is 236 g/mol. The second-order valence-electron chi connectivity index (χ2n) is 5.71. The number of carbonyl (C=O) groups excluding carboxylic acids is 1. The van der Waals surface area contributed by atoms with Crippen molar-refractivity contribution in [1.82, 2.24) is 0 Å². The van der Waals surface area contributed by atoms with Crippen molar-refractivity contribution in [2.75, 3.05) is 20.8 Å². The first-order chi connectivity index (χ1) is 7.64.